The van der Waals surface area contributed by atoms with Crippen LogP contribution in [0.15, 0.2) is 0 Å². The van der Waals surface area contributed by atoms with Gasteiger partial charge in [-0.1, -0.05) is 0 Å². The largest absolute Gasteiger partial charge is 0.375 e. The van der Waals surface area contributed by atoms with Gasteiger partial charge in [-0.25, -0.2) is 0 Å². The zero-order valence-corrected chi connectivity index (χ0v) is 14.5. The van der Waals surface area contributed by atoms with Gasteiger partial charge in [0.05, 0.1) is 11.6 Å². The predicted molar refractivity (Wildman–Crippen MR) is 88.8 cm³/mol. The molecule has 0 aromatic carbocycles. The molecule has 2 saturated heterocycles. The molecule has 1 amide bonds. The zero-order chi connectivity index (χ0) is 15.3. The van der Waals surface area contributed by atoms with Crippen molar-refractivity contribution in [2.24, 2.45) is 0 Å². The minimum atomic E-state index is -0.0944. The molecule has 2 atom stereocenters. The van der Waals surface area contributed by atoms with Crippen molar-refractivity contribution in [2.75, 3.05) is 31.2 Å². The number of nitrogens with one attached hydrogen (secondary N) is 1. The Morgan fingerprint density at radius 2 is 2.05 bits per heavy atom. The third kappa shape index (κ3) is 4.36. The fourth-order valence-corrected chi connectivity index (χ4v) is 4.73. The molecule has 0 bridgehead atoms. The molecule has 2 fully saturated rings. The molecule has 2 rings (SSSR count). The summed E-state index contributed by atoms with van der Waals surface area (Å²) >= 11 is 2.03. The third-order valence-corrected chi connectivity index (χ3v) is 5.81. The minimum Gasteiger partial charge on any atom is -0.375 e. The second-order valence-corrected chi connectivity index (χ2v) is 7.46. The maximum absolute atomic E-state index is 12.4. The van der Waals surface area contributed by atoms with Gasteiger partial charge in [-0.05, 0) is 58.0 Å². The van der Waals surface area contributed by atoms with Gasteiger partial charge >= 0.3 is 0 Å². The Bertz CT molecular complexity index is 336. The van der Waals surface area contributed by atoms with E-state index >= 15 is 0 Å². The van der Waals surface area contributed by atoms with Gasteiger partial charge in [-0.15, -0.1) is 0 Å². The lowest BCUT2D eigenvalue weighted by atomic mass is 9.85. The van der Waals surface area contributed by atoms with Crippen LogP contribution in [0.4, 0.5) is 0 Å². The Balaban J connectivity index is 1.88. The summed E-state index contributed by atoms with van der Waals surface area (Å²) in [5, 5.41) is 3.56. The molecule has 0 saturated carbocycles. The molecular formula is C16H30N2O2S. The number of thioether (sulfide) groups is 1. The van der Waals surface area contributed by atoms with Crippen LogP contribution in [0.2, 0.25) is 0 Å². The van der Waals surface area contributed by atoms with Crippen molar-refractivity contribution in [1.29, 1.82) is 0 Å². The highest BCUT2D eigenvalue weighted by Gasteiger charge is 2.39. The fraction of sp³-hybridized carbons (Fsp3) is 0.938. The first-order valence-electron chi connectivity index (χ1n) is 8.37. The van der Waals surface area contributed by atoms with E-state index < -0.39 is 0 Å². The van der Waals surface area contributed by atoms with E-state index in [0.29, 0.717) is 6.04 Å². The van der Waals surface area contributed by atoms with E-state index in [1.54, 1.807) is 0 Å². The van der Waals surface area contributed by atoms with Crippen molar-refractivity contribution < 1.29 is 9.53 Å². The summed E-state index contributed by atoms with van der Waals surface area (Å²) in [6.45, 7) is 8.48. The van der Waals surface area contributed by atoms with E-state index in [0.717, 1.165) is 45.4 Å². The van der Waals surface area contributed by atoms with Crippen LogP contribution in [0.1, 0.15) is 46.5 Å². The van der Waals surface area contributed by atoms with Gasteiger partial charge in [-0.3, -0.25) is 4.79 Å². The monoisotopic (exact) mass is 314 g/mol. The third-order valence-electron chi connectivity index (χ3n) is 4.83. The van der Waals surface area contributed by atoms with Gasteiger partial charge < -0.3 is 15.0 Å². The topological polar surface area (TPSA) is 41.6 Å². The van der Waals surface area contributed by atoms with Gasteiger partial charge in [0.1, 0.15) is 0 Å². The van der Waals surface area contributed by atoms with Gasteiger partial charge in [0.2, 0.25) is 5.91 Å². The standard InChI is InChI=1S/C16H30N2O2S/c1-4-18(5-2)15(19)13(3)17-14-6-9-20-16(12-14)7-10-21-11-8-16/h13-14,17H,4-12H2,1-3H3. The Morgan fingerprint density at radius 3 is 2.67 bits per heavy atom. The molecule has 1 N–H and O–H groups in total. The van der Waals surface area contributed by atoms with E-state index in [2.05, 4.69) is 5.32 Å². The normalized spacial score (nSPS) is 26.5. The second kappa shape index (κ2) is 7.84. The highest BCUT2D eigenvalue weighted by molar-refractivity contribution is 7.99. The molecule has 2 aliphatic rings. The van der Waals surface area contributed by atoms with Crippen LogP contribution in [0.3, 0.4) is 0 Å². The summed E-state index contributed by atoms with van der Waals surface area (Å²) in [5.74, 6) is 2.64. The van der Waals surface area contributed by atoms with Gasteiger partial charge in [0.15, 0.2) is 0 Å². The number of rotatable bonds is 5. The molecule has 1 spiro atoms. The van der Waals surface area contributed by atoms with Crippen LogP contribution in [0, 0.1) is 0 Å². The summed E-state index contributed by atoms with van der Waals surface area (Å²) in [7, 11) is 0. The van der Waals surface area contributed by atoms with Crippen LogP contribution in [0.5, 0.6) is 0 Å². The Morgan fingerprint density at radius 1 is 1.38 bits per heavy atom. The van der Waals surface area contributed by atoms with E-state index in [1.807, 2.05) is 37.4 Å². The van der Waals surface area contributed by atoms with Crippen molar-refractivity contribution >= 4 is 17.7 Å². The molecule has 5 heteroatoms. The van der Waals surface area contributed by atoms with E-state index in [9.17, 15) is 4.79 Å². The molecule has 4 nitrogen and oxygen atoms in total. The predicted octanol–water partition coefficient (Wildman–Crippen LogP) is 2.28. The minimum absolute atomic E-state index is 0.0825. The molecule has 0 aromatic rings. The maximum Gasteiger partial charge on any atom is 0.239 e. The lowest BCUT2D eigenvalue weighted by Crippen LogP contribution is -2.54. The van der Waals surface area contributed by atoms with Crippen molar-refractivity contribution in [3.8, 4) is 0 Å². The van der Waals surface area contributed by atoms with Crippen molar-refractivity contribution in [1.82, 2.24) is 10.2 Å². The van der Waals surface area contributed by atoms with E-state index in [1.165, 1.54) is 11.5 Å². The highest BCUT2D eigenvalue weighted by atomic mass is 32.2. The summed E-state index contributed by atoms with van der Waals surface area (Å²) in [6, 6.07) is 0.319. The van der Waals surface area contributed by atoms with Crippen molar-refractivity contribution in [3.63, 3.8) is 0 Å². The smallest absolute Gasteiger partial charge is 0.239 e. The Kier molecular flexibility index (Phi) is 6.38. The molecular weight excluding hydrogens is 284 g/mol. The lowest BCUT2D eigenvalue weighted by molar-refractivity contribution is -0.134. The first-order valence-corrected chi connectivity index (χ1v) is 9.52. The summed E-state index contributed by atoms with van der Waals surface area (Å²) in [5.41, 5.74) is 0.0825. The summed E-state index contributed by atoms with van der Waals surface area (Å²) in [4.78, 5) is 14.3. The van der Waals surface area contributed by atoms with Crippen LogP contribution < -0.4 is 5.32 Å². The molecule has 122 valence electrons. The van der Waals surface area contributed by atoms with Crippen molar-refractivity contribution in [3.05, 3.63) is 0 Å². The Labute approximate surface area is 133 Å². The van der Waals surface area contributed by atoms with Gasteiger partial charge in [0.25, 0.3) is 0 Å². The number of carbonyl (C=O) groups is 1. The van der Waals surface area contributed by atoms with E-state index in [4.69, 9.17) is 4.74 Å². The van der Waals surface area contributed by atoms with Gasteiger partial charge in [-0.2, -0.15) is 11.8 Å². The first-order chi connectivity index (χ1) is 10.1. The quantitative estimate of drug-likeness (QED) is 0.845. The molecule has 2 unspecified atom stereocenters. The number of carbonyl (C=O) groups excluding carboxylic acids is 1. The molecule has 21 heavy (non-hydrogen) atoms. The molecule has 0 aliphatic carbocycles. The molecule has 0 aromatic heterocycles. The zero-order valence-electron chi connectivity index (χ0n) is 13.7. The number of nitrogens with zero attached hydrogens (tertiary/aromatic N) is 1. The maximum atomic E-state index is 12.4. The average Bonchev–Trinajstić information content (AvgIpc) is 2.49. The number of ether oxygens (including phenoxy) is 1. The van der Waals surface area contributed by atoms with Crippen LogP contribution in [-0.2, 0) is 9.53 Å². The molecule has 2 aliphatic heterocycles. The number of hydrogen-bond donors (Lipinski definition) is 1. The summed E-state index contributed by atoms with van der Waals surface area (Å²) < 4.78 is 6.12. The van der Waals surface area contributed by atoms with Crippen LogP contribution in [0.25, 0.3) is 0 Å². The lowest BCUT2D eigenvalue weighted by Gasteiger charge is -2.44. The number of likely N-dealkylation sites (N-methyl/N-ethyl adjacent to an activating group) is 1. The van der Waals surface area contributed by atoms with E-state index in [-0.39, 0.29) is 17.6 Å². The number of hydrogen-bond acceptors (Lipinski definition) is 4. The second-order valence-electron chi connectivity index (χ2n) is 6.23. The highest BCUT2D eigenvalue weighted by Crippen LogP contribution is 2.37. The van der Waals surface area contributed by atoms with Crippen LogP contribution in [-0.4, -0.2) is 59.7 Å². The van der Waals surface area contributed by atoms with Crippen molar-refractivity contribution in [2.45, 2.75) is 64.1 Å². The molecule has 0 radical (unpaired) electrons. The Hall–Kier alpha value is -0.260. The average molecular weight is 314 g/mol. The van der Waals surface area contributed by atoms with Gasteiger partial charge in [0, 0.05) is 25.7 Å². The molecule has 2 heterocycles. The first kappa shape index (κ1) is 17.1. The number of amides is 1. The van der Waals surface area contributed by atoms with Crippen LogP contribution >= 0.6 is 11.8 Å². The fourth-order valence-electron chi connectivity index (χ4n) is 3.50. The SMILES string of the molecule is CCN(CC)C(=O)C(C)NC1CCOC2(CCSCC2)C1. The summed E-state index contributed by atoms with van der Waals surface area (Å²) in [6.07, 6.45) is 4.40.